The number of non-ortho nitro benzene ring substituents is 1. The normalized spacial score (nSPS) is 11.5. The number of aryl methyl sites for hydroxylation is 1. The highest BCUT2D eigenvalue weighted by Gasteiger charge is 2.14. The molecule has 0 aliphatic heterocycles. The predicted octanol–water partition coefficient (Wildman–Crippen LogP) is 6.10. The molecule has 1 amide bonds. The van der Waals surface area contributed by atoms with E-state index in [1.165, 1.54) is 29.0 Å². The quantitative estimate of drug-likeness (QED) is 0.214. The second kappa shape index (κ2) is 8.99. The lowest BCUT2D eigenvalue weighted by atomic mass is 10.0. The van der Waals surface area contributed by atoms with E-state index < -0.39 is 4.92 Å². The van der Waals surface area contributed by atoms with Gasteiger partial charge in [0.2, 0.25) is 0 Å². The molecule has 0 unspecified atom stereocenters. The first-order valence-electron chi connectivity index (χ1n) is 10.5. The lowest BCUT2D eigenvalue weighted by molar-refractivity contribution is -0.384. The van der Waals surface area contributed by atoms with Crippen molar-refractivity contribution in [2.24, 2.45) is 5.10 Å². The summed E-state index contributed by atoms with van der Waals surface area (Å²) in [6.45, 7) is 8.40. The molecule has 0 saturated carbocycles. The Morgan fingerprint density at radius 2 is 1.85 bits per heavy atom. The van der Waals surface area contributed by atoms with E-state index in [9.17, 15) is 14.9 Å². The maximum atomic E-state index is 12.5. The van der Waals surface area contributed by atoms with Gasteiger partial charge in [-0.25, -0.2) is 5.43 Å². The van der Waals surface area contributed by atoms with E-state index in [-0.39, 0.29) is 11.6 Å². The van der Waals surface area contributed by atoms with Crippen molar-refractivity contribution >= 4 is 39.2 Å². The molecule has 4 aromatic rings. The van der Waals surface area contributed by atoms with Crippen LogP contribution in [0.4, 0.5) is 5.69 Å². The highest BCUT2D eigenvalue weighted by Crippen LogP contribution is 2.29. The first kappa shape index (κ1) is 22.4. The number of rotatable bonds is 6. The van der Waals surface area contributed by atoms with Gasteiger partial charge in [0.25, 0.3) is 11.6 Å². The van der Waals surface area contributed by atoms with Crippen LogP contribution in [0.2, 0.25) is 0 Å². The monoisotopic (exact) mass is 460 g/mol. The van der Waals surface area contributed by atoms with Gasteiger partial charge in [0.05, 0.1) is 16.0 Å². The lowest BCUT2D eigenvalue weighted by Gasteiger charge is -2.12. The minimum atomic E-state index is -0.448. The molecule has 168 valence electrons. The van der Waals surface area contributed by atoms with Crippen molar-refractivity contribution in [1.82, 2.24) is 9.99 Å². The molecule has 7 nitrogen and oxygen atoms in total. The Morgan fingerprint density at radius 1 is 1.12 bits per heavy atom. The largest absolute Gasteiger partial charge is 0.318 e. The highest BCUT2D eigenvalue weighted by atomic mass is 32.1. The predicted molar refractivity (Wildman–Crippen MR) is 133 cm³/mol. The number of nitro groups is 1. The molecule has 2 aromatic carbocycles. The summed E-state index contributed by atoms with van der Waals surface area (Å²) in [6, 6.07) is 16.7. The molecule has 8 heteroatoms. The summed E-state index contributed by atoms with van der Waals surface area (Å²) in [4.78, 5) is 23.5. The molecule has 2 heterocycles. The van der Waals surface area contributed by atoms with Crippen molar-refractivity contribution in [2.75, 3.05) is 0 Å². The second-order valence-corrected chi connectivity index (χ2v) is 9.28. The number of nitrogens with zero attached hydrogens (tertiary/aromatic N) is 3. The number of fused-ring (bicyclic) bond motifs is 1. The molecular formula is C25H24N4O3S. The van der Waals surface area contributed by atoms with Crippen LogP contribution in [0.5, 0.6) is 0 Å². The van der Waals surface area contributed by atoms with Crippen LogP contribution in [0.1, 0.15) is 52.0 Å². The van der Waals surface area contributed by atoms with Crippen molar-refractivity contribution in [3.05, 3.63) is 92.1 Å². The Kier molecular flexibility index (Phi) is 6.11. The number of carbonyl (C=O) groups is 1. The van der Waals surface area contributed by atoms with Crippen LogP contribution in [0.25, 0.3) is 15.8 Å². The standard InChI is InChI=1S/C25H24N4O3S/c1-15(2)18-5-7-21(8-6-18)28-16(3)11-20(17(28)4)14-26-27-25(30)24-13-19-12-22(29(31)32)9-10-23(19)33-24/h5-15H,1-4H3,(H,27,30). The average Bonchev–Trinajstić information content (AvgIpc) is 3.33. The molecule has 1 N–H and O–H groups in total. The molecule has 0 bridgehead atoms. The number of hydrazone groups is 1. The molecule has 0 atom stereocenters. The van der Waals surface area contributed by atoms with Crippen LogP contribution in [0, 0.1) is 24.0 Å². The molecular weight excluding hydrogens is 436 g/mol. The number of amides is 1. The summed E-state index contributed by atoms with van der Waals surface area (Å²) < 4.78 is 2.97. The van der Waals surface area contributed by atoms with Crippen molar-refractivity contribution in [1.29, 1.82) is 0 Å². The van der Waals surface area contributed by atoms with Gasteiger partial charge < -0.3 is 4.57 Å². The second-order valence-electron chi connectivity index (χ2n) is 8.20. The van der Waals surface area contributed by atoms with Crippen molar-refractivity contribution in [2.45, 2.75) is 33.6 Å². The number of nitro benzene ring substituents is 1. The molecule has 0 spiro atoms. The highest BCUT2D eigenvalue weighted by molar-refractivity contribution is 7.20. The average molecular weight is 461 g/mol. The Hall–Kier alpha value is -3.78. The summed E-state index contributed by atoms with van der Waals surface area (Å²) in [6.07, 6.45) is 1.64. The fourth-order valence-electron chi connectivity index (χ4n) is 3.80. The van der Waals surface area contributed by atoms with Crippen LogP contribution in [-0.4, -0.2) is 21.6 Å². The topological polar surface area (TPSA) is 89.5 Å². The molecule has 4 rings (SSSR count). The molecule has 2 aromatic heterocycles. The van der Waals surface area contributed by atoms with Gasteiger partial charge in [0, 0.05) is 44.9 Å². The Bertz CT molecular complexity index is 1380. The summed E-state index contributed by atoms with van der Waals surface area (Å²) in [7, 11) is 0. The number of aromatic nitrogens is 1. The maximum Gasteiger partial charge on any atom is 0.281 e. The molecule has 0 fully saturated rings. The van der Waals surface area contributed by atoms with Crippen molar-refractivity contribution in [3.8, 4) is 5.69 Å². The first-order valence-corrected chi connectivity index (χ1v) is 11.4. The fraction of sp³-hybridized carbons (Fsp3) is 0.200. The summed E-state index contributed by atoms with van der Waals surface area (Å²) in [5.41, 5.74) is 7.94. The lowest BCUT2D eigenvalue weighted by Crippen LogP contribution is -2.16. The van der Waals surface area contributed by atoms with E-state index in [4.69, 9.17) is 0 Å². The van der Waals surface area contributed by atoms with Crippen LogP contribution in [-0.2, 0) is 0 Å². The van der Waals surface area contributed by atoms with E-state index in [2.05, 4.69) is 53.2 Å². The zero-order chi connectivity index (χ0) is 23.7. The summed E-state index contributed by atoms with van der Waals surface area (Å²) in [5, 5.41) is 15.8. The van der Waals surface area contributed by atoms with E-state index >= 15 is 0 Å². The zero-order valence-corrected chi connectivity index (χ0v) is 19.6. The minimum absolute atomic E-state index is 0.000480. The van der Waals surface area contributed by atoms with Gasteiger partial charge in [-0.2, -0.15) is 5.10 Å². The van der Waals surface area contributed by atoms with Gasteiger partial charge >= 0.3 is 0 Å². The van der Waals surface area contributed by atoms with Crippen LogP contribution >= 0.6 is 11.3 Å². The zero-order valence-electron chi connectivity index (χ0n) is 18.8. The molecule has 33 heavy (non-hydrogen) atoms. The number of nitrogens with one attached hydrogen (secondary N) is 1. The third kappa shape index (κ3) is 4.56. The maximum absolute atomic E-state index is 12.5. The third-order valence-corrected chi connectivity index (χ3v) is 6.71. The van der Waals surface area contributed by atoms with Gasteiger partial charge in [-0.3, -0.25) is 14.9 Å². The van der Waals surface area contributed by atoms with Crippen LogP contribution in [0.15, 0.2) is 59.7 Å². The van der Waals surface area contributed by atoms with E-state index in [1.54, 1.807) is 18.3 Å². The van der Waals surface area contributed by atoms with Gasteiger partial charge in [-0.05, 0) is 55.7 Å². The van der Waals surface area contributed by atoms with Gasteiger partial charge in [0.1, 0.15) is 0 Å². The summed E-state index contributed by atoms with van der Waals surface area (Å²) in [5.74, 6) is 0.126. The molecule has 0 saturated heterocycles. The van der Waals surface area contributed by atoms with E-state index in [0.717, 1.165) is 27.3 Å². The third-order valence-electron chi connectivity index (χ3n) is 5.59. The number of carbonyl (C=O) groups excluding carboxylic acids is 1. The minimum Gasteiger partial charge on any atom is -0.318 e. The van der Waals surface area contributed by atoms with E-state index in [1.807, 2.05) is 19.9 Å². The number of benzene rings is 2. The van der Waals surface area contributed by atoms with E-state index in [0.29, 0.717) is 16.2 Å². The first-order chi connectivity index (χ1) is 15.7. The molecule has 0 aliphatic rings. The van der Waals surface area contributed by atoms with Crippen molar-refractivity contribution in [3.63, 3.8) is 0 Å². The van der Waals surface area contributed by atoms with Crippen LogP contribution < -0.4 is 5.43 Å². The molecule has 0 radical (unpaired) electrons. The van der Waals surface area contributed by atoms with Crippen LogP contribution in [0.3, 0.4) is 0 Å². The SMILES string of the molecule is Cc1cc(C=NNC(=O)c2cc3cc([N+](=O)[O-])ccc3s2)c(C)n1-c1ccc(C(C)C)cc1. The number of thiophene rings is 1. The number of hydrogen-bond acceptors (Lipinski definition) is 5. The number of hydrogen-bond donors (Lipinski definition) is 1. The smallest absolute Gasteiger partial charge is 0.281 e. The van der Waals surface area contributed by atoms with Crippen molar-refractivity contribution < 1.29 is 9.72 Å². The summed E-state index contributed by atoms with van der Waals surface area (Å²) >= 11 is 1.27. The Labute approximate surface area is 195 Å². The van der Waals surface area contributed by atoms with Gasteiger partial charge in [-0.15, -0.1) is 11.3 Å². The Morgan fingerprint density at radius 3 is 2.52 bits per heavy atom. The Balaban J connectivity index is 1.50. The molecule has 0 aliphatic carbocycles. The fourth-order valence-corrected chi connectivity index (χ4v) is 4.73. The van der Waals surface area contributed by atoms with Gasteiger partial charge in [0.15, 0.2) is 0 Å². The van der Waals surface area contributed by atoms with Gasteiger partial charge in [-0.1, -0.05) is 26.0 Å².